The third kappa shape index (κ3) is 2.78. The van der Waals surface area contributed by atoms with Crippen LogP contribution < -0.4 is 4.90 Å². The fourth-order valence-corrected chi connectivity index (χ4v) is 1.74. The number of carbonyl (C=O) groups excluding carboxylic acids is 1. The van der Waals surface area contributed by atoms with Crippen LogP contribution in [0.4, 0.5) is 5.69 Å². The summed E-state index contributed by atoms with van der Waals surface area (Å²) in [6.45, 7) is 1.84. The van der Waals surface area contributed by atoms with Gasteiger partial charge in [0.1, 0.15) is 5.69 Å². The van der Waals surface area contributed by atoms with Gasteiger partial charge >= 0.3 is 0 Å². The van der Waals surface area contributed by atoms with Crippen molar-refractivity contribution >= 4 is 11.6 Å². The first-order valence-corrected chi connectivity index (χ1v) is 5.83. The van der Waals surface area contributed by atoms with Crippen molar-refractivity contribution in [3.63, 3.8) is 0 Å². The molecule has 0 unspecified atom stereocenters. The molecule has 0 fully saturated rings. The van der Waals surface area contributed by atoms with E-state index in [4.69, 9.17) is 5.26 Å². The SMILES string of the molecule is Cc1cccc(C(=O)N(C)c2cccc(C#N)c2)n1. The van der Waals surface area contributed by atoms with Crippen molar-refractivity contribution in [3.05, 3.63) is 59.4 Å². The van der Waals surface area contributed by atoms with Crippen LogP contribution >= 0.6 is 0 Å². The summed E-state index contributed by atoms with van der Waals surface area (Å²) in [4.78, 5) is 18.0. The van der Waals surface area contributed by atoms with Gasteiger partial charge in [0.25, 0.3) is 5.91 Å². The van der Waals surface area contributed by atoms with Crippen LogP contribution in [-0.4, -0.2) is 17.9 Å². The molecule has 4 heteroatoms. The first-order valence-electron chi connectivity index (χ1n) is 5.83. The lowest BCUT2D eigenvalue weighted by molar-refractivity contribution is 0.0988. The molecule has 0 bridgehead atoms. The van der Waals surface area contributed by atoms with Gasteiger partial charge < -0.3 is 4.90 Å². The molecule has 1 aromatic carbocycles. The first-order chi connectivity index (χ1) is 9.11. The van der Waals surface area contributed by atoms with Crippen molar-refractivity contribution in [2.75, 3.05) is 11.9 Å². The molecule has 1 heterocycles. The molecule has 0 aliphatic carbocycles. The maximum Gasteiger partial charge on any atom is 0.276 e. The fraction of sp³-hybridized carbons (Fsp3) is 0.133. The van der Waals surface area contributed by atoms with Crippen molar-refractivity contribution in [2.45, 2.75) is 6.92 Å². The Kier molecular flexibility index (Phi) is 3.58. The van der Waals surface area contributed by atoms with E-state index in [1.165, 1.54) is 4.90 Å². The summed E-state index contributed by atoms with van der Waals surface area (Å²) < 4.78 is 0. The summed E-state index contributed by atoms with van der Waals surface area (Å²) >= 11 is 0. The predicted molar refractivity (Wildman–Crippen MR) is 72.9 cm³/mol. The molecule has 4 nitrogen and oxygen atoms in total. The zero-order valence-corrected chi connectivity index (χ0v) is 10.8. The van der Waals surface area contributed by atoms with E-state index >= 15 is 0 Å². The quantitative estimate of drug-likeness (QED) is 0.824. The number of aromatic nitrogens is 1. The molecular formula is C15H13N3O. The van der Waals surface area contributed by atoms with Crippen LogP contribution in [0.15, 0.2) is 42.5 Å². The van der Waals surface area contributed by atoms with E-state index in [1.54, 1.807) is 43.4 Å². The Morgan fingerprint density at radius 3 is 2.68 bits per heavy atom. The Bertz CT molecular complexity index is 658. The number of benzene rings is 1. The molecule has 0 radical (unpaired) electrons. The molecule has 0 saturated heterocycles. The van der Waals surface area contributed by atoms with Crippen LogP contribution in [0.2, 0.25) is 0 Å². The number of nitrogens with zero attached hydrogens (tertiary/aromatic N) is 3. The highest BCUT2D eigenvalue weighted by Crippen LogP contribution is 2.16. The summed E-state index contributed by atoms with van der Waals surface area (Å²) in [6.07, 6.45) is 0. The molecule has 94 valence electrons. The summed E-state index contributed by atoms with van der Waals surface area (Å²) in [5, 5.41) is 8.87. The summed E-state index contributed by atoms with van der Waals surface area (Å²) in [5.41, 5.74) is 2.39. The number of aryl methyl sites for hydroxylation is 1. The van der Waals surface area contributed by atoms with Gasteiger partial charge in [0.05, 0.1) is 11.6 Å². The van der Waals surface area contributed by atoms with Crippen molar-refractivity contribution in [1.29, 1.82) is 5.26 Å². The molecule has 0 aliphatic heterocycles. The van der Waals surface area contributed by atoms with Crippen molar-refractivity contribution < 1.29 is 4.79 Å². The normalized spacial score (nSPS) is 9.74. The van der Waals surface area contributed by atoms with Gasteiger partial charge in [0, 0.05) is 18.4 Å². The van der Waals surface area contributed by atoms with E-state index in [0.717, 1.165) is 5.69 Å². The number of nitriles is 1. The third-order valence-corrected chi connectivity index (χ3v) is 2.77. The number of anilines is 1. The maximum absolute atomic E-state index is 12.3. The monoisotopic (exact) mass is 251 g/mol. The number of hydrogen-bond acceptors (Lipinski definition) is 3. The van der Waals surface area contributed by atoms with Crippen LogP contribution in [0.5, 0.6) is 0 Å². The Labute approximate surface area is 111 Å². The second-order valence-corrected chi connectivity index (χ2v) is 4.19. The van der Waals surface area contributed by atoms with E-state index < -0.39 is 0 Å². The molecule has 1 amide bonds. The fourth-order valence-electron chi connectivity index (χ4n) is 1.74. The lowest BCUT2D eigenvalue weighted by Crippen LogP contribution is -2.27. The van der Waals surface area contributed by atoms with Crippen LogP contribution in [0.1, 0.15) is 21.7 Å². The maximum atomic E-state index is 12.3. The molecule has 19 heavy (non-hydrogen) atoms. The van der Waals surface area contributed by atoms with Crippen LogP contribution in [0.25, 0.3) is 0 Å². The Morgan fingerprint density at radius 2 is 2.00 bits per heavy atom. The zero-order chi connectivity index (χ0) is 13.8. The lowest BCUT2D eigenvalue weighted by atomic mass is 10.2. The number of carbonyl (C=O) groups is 1. The highest BCUT2D eigenvalue weighted by Gasteiger charge is 2.15. The average molecular weight is 251 g/mol. The van der Waals surface area contributed by atoms with Gasteiger partial charge in [-0.15, -0.1) is 0 Å². The van der Waals surface area contributed by atoms with E-state index in [0.29, 0.717) is 16.9 Å². The summed E-state index contributed by atoms with van der Waals surface area (Å²) in [7, 11) is 1.67. The van der Waals surface area contributed by atoms with Crippen molar-refractivity contribution in [2.24, 2.45) is 0 Å². The molecule has 0 spiro atoms. The van der Waals surface area contributed by atoms with E-state index in [9.17, 15) is 4.79 Å². The summed E-state index contributed by atoms with van der Waals surface area (Å²) in [6, 6.07) is 14.3. The minimum absolute atomic E-state index is 0.196. The van der Waals surface area contributed by atoms with Crippen LogP contribution in [0.3, 0.4) is 0 Å². The molecule has 2 rings (SSSR count). The zero-order valence-electron chi connectivity index (χ0n) is 10.8. The molecule has 1 aromatic heterocycles. The Balaban J connectivity index is 2.31. The lowest BCUT2D eigenvalue weighted by Gasteiger charge is -2.17. The minimum atomic E-state index is -0.196. The number of rotatable bonds is 2. The second-order valence-electron chi connectivity index (χ2n) is 4.19. The smallest absolute Gasteiger partial charge is 0.276 e. The number of amides is 1. The van der Waals surface area contributed by atoms with E-state index in [-0.39, 0.29) is 5.91 Å². The van der Waals surface area contributed by atoms with Gasteiger partial charge in [-0.05, 0) is 37.3 Å². The van der Waals surface area contributed by atoms with Gasteiger partial charge in [-0.2, -0.15) is 5.26 Å². The highest BCUT2D eigenvalue weighted by atomic mass is 16.2. The summed E-state index contributed by atoms with van der Waals surface area (Å²) in [5.74, 6) is -0.196. The Hall–Kier alpha value is -2.67. The number of pyridine rings is 1. The third-order valence-electron chi connectivity index (χ3n) is 2.77. The van der Waals surface area contributed by atoms with Crippen molar-refractivity contribution in [3.8, 4) is 6.07 Å². The molecule has 2 aromatic rings. The minimum Gasteiger partial charge on any atom is -0.310 e. The van der Waals surface area contributed by atoms with E-state index in [2.05, 4.69) is 11.1 Å². The van der Waals surface area contributed by atoms with Gasteiger partial charge in [-0.25, -0.2) is 4.98 Å². The number of hydrogen-bond donors (Lipinski definition) is 0. The van der Waals surface area contributed by atoms with Gasteiger partial charge in [-0.3, -0.25) is 4.79 Å². The van der Waals surface area contributed by atoms with E-state index in [1.807, 2.05) is 13.0 Å². The van der Waals surface area contributed by atoms with Crippen LogP contribution in [-0.2, 0) is 0 Å². The molecular weight excluding hydrogens is 238 g/mol. The average Bonchev–Trinajstić information content (AvgIpc) is 2.45. The Morgan fingerprint density at radius 1 is 1.26 bits per heavy atom. The van der Waals surface area contributed by atoms with Gasteiger partial charge in [-0.1, -0.05) is 12.1 Å². The standard InChI is InChI=1S/C15H13N3O/c1-11-5-3-8-14(17-11)15(19)18(2)13-7-4-6-12(9-13)10-16/h3-9H,1-2H3. The highest BCUT2D eigenvalue weighted by molar-refractivity contribution is 6.04. The largest absolute Gasteiger partial charge is 0.310 e. The molecule has 0 aliphatic rings. The van der Waals surface area contributed by atoms with Crippen molar-refractivity contribution in [1.82, 2.24) is 4.98 Å². The van der Waals surface area contributed by atoms with Crippen LogP contribution in [0, 0.1) is 18.3 Å². The topological polar surface area (TPSA) is 57.0 Å². The van der Waals surface area contributed by atoms with Gasteiger partial charge in [0.15, 0.2) is 0 Å². The predicted octanol–water partition coefficient (Wildman–Crippen LogP) is 2.54. The van der Waals surface area contributed by atoms with Gasteiger partial charge in [0.2, 0.25) is 0 Å². The molecule has 0 N–H and O–H groups in total. The second kappa shape index (κ2) is 5.32. The molecule has 0 saturated carbocycles. The first kappa shape index (κ1) is 12.8. The molecule has 0 atom stereocenters.